The van der Waals surface area contributed by atoms with Crippen molar-refractivity contribution in [1.82, 2.24) is 19.9 Å². The fraction of sp³-hybridized carbons (Fsp3) is 0.261. The molecular weight excluding hydrogens is 392 g/mol. The molecule has 0 aliphatic heterocycles. The molecule has 3 aromatic rings. The minimum Gasteiger partial charge on any atom is -0.344 e. The van der Waals surface area contributed by atoms with Gasteiger partial charge in [-0.1, -0.05) is 32.9 Å². The number of benzene rings is 1. The van der Waals surface area contributed by atoms with Gasteiger partial charge < -0.3 is 15.2 Å². The Kier molecular flexibility index (Phi) is 5.88. The van der Waals surface area contributed by atoms with Gasteiger partial charge in [-0.15, -0.1) is 0 Å². The molecule has 0 spiro atoms. The van der Waals surface area contributed by atoms with Crippen molar-refractivity contribution < 1.29 is 9.59 Å². The summed E-state index contributed by atoms with van der Waals surface area (Å²) in [6.07, 6.45) is 4.77. The molecule has 2 N–H and O–H groups in total. The predicted octanol–water partition coefficient (Wildman–Crippen LogP) is 3.93. The molecule has 2 heterocycles. The van der Waals surface area contributed by atoms with Crippen molar-refractivity contribution in [3.63, 3.8) is 0 Å². The largest absolute Gasteiger partial charge is 0.344 e. The highest BCUT2D eigenvalue weighted by Crippen LogP contribution is 2.26. The SMILES string of the molecule is CN(C)C(=O)/C(C#N)=C/c1ccc(Nc2cnc3[nH]cc(C(=O)C(C)(C)C)c3n2)cc1. The number of aromatic nitrogens is 3. The average Bonchev–Trinajstić information content (AvgIpc) is 3.14. The maximum absolute atomic E-state index is 12.7. The van der Waals surface area contributed by atoms with Gasteiger partial charge in [0.2, 0.25) is 0 Å². The molecule has 0 unspecified atom stereocenters. The van der Waals surface area contributed by atoms with E-state index in [9.17, 15) is 14.9 Å². The van der Waals surface area contributed by atoms with Gasteiger partial charge in [0, 0.05) is 31.4 Å². The van der Waals surface area contributed by atoms with Crippen LogP contribution in [0.15, 0.2) is 42.2 Å². The van der Waals surface area contributed by atoms with Crippen LogP contribution in [0.5, 0.6) is 0 Å². The molecule has 0 saturated heterocycles. The molecule has 0 bridgehead atoms. The summed E-state index contributed by atoms with van der Waals surface area (Å²) in [7, 11) is 3.20. The molecule has 8 nitrogen and oxygen atoms in total. The van der Waals surface area contributed by atoms with Crippen molar-refractivity contribution >= 4 is 40.4 Å². The summed E-state index contributed by atoms with van der Waals surface area (Å²) in [6, 6.07) is 9.13. The number of nitrogens with zero attached hydrogens (tertiary/aromatic N) is 4. The topological polar surface area (TPSA) is 115 Å². The van der Waals surface area contributed by atoms with E-state index in [4.69, 9.17) is 0 Å². The Balaban J connectivity index is 1.84. The van der Waals surface area contributed by atoms with Crippen LogP contribution in [0, 0.1) is 16.7 Å². The van der Waals surface area contributed by atoms with E-state index in [1.165, 1.54) is 4.90 Å². The smallest absolute Gasteiger partial charge is 0.264 e. The van der Waals surface area contributed by atoms with Crippen molar-refractivity contribution in [2.24, 2.45) is 5.41 Å². The lowest BCUT2D eigenvalue weighted by Gasteiger charge is -2.15. The summed E-state index contributed by atoms with van der Waals surface area (Å²) in [5.74, 6) is 0.140. The van der Waals surface area contributed by atoms with Crippen LogP contribution in [0.1, 0.15) is 36.7 Å². The van der Waals surface area contributed by atoms with Crippen molar-refractivity contribution in [3.8, 4) is 6.07 Å². The first kappa shape index (κ1) is 21.7. The van der Waals surface area contributed by atoms with Crippen LogP contribution >= 0.6 is 0 Å². The summed E-state index contributed by atoms with van der Waals surface area (Å²) >= 11 is 0. The zero-order valence-corrected chi connectivity index (χ0v) is 18.1. The number of carbonyl (C=O) groups is 2. The van der Waals surface area contributed by atoms with Crippen LogP contribution in [0.2, 0.25) is 0 Å². The molecule has 158 valence electrons. The minimum absolute atomic E-state index is 0.0121. The van der Waals surface area contributed by atoms with Gasteiger partial charge in [0.05, 0.1) is 11.8 Å². The molecule has 3 rings (SSSR count). The Labute approximate surface area is 180 Å². The van der Waals surface area contributed by atoms with E-state index in [1.807, 2.05) is 39.0 Å². The second kappa shape index (κ2) is 8.40. The van der Waals surface area contributed by atoms with E-state index in [-0.39, 0.29) is 17.3 Å². The van der Waals surface area contributed by atoms with Crippen LogP contribution in [-0.4, -0.2) is 45.6 Å². The molecule has 8 heteroatoms. The number of hydrogen-bond donors (Lipinski definition) is 2. The fourth-order valence-corrected chi connectivity index (χ4v) is 2.89. The number of nitriles is 1. The van der Waals surface area contributed by atoms with Crippen LogP contribution in [0.3, 0.4) is 0 Å². The molecule has 1 aromatic carbocycles. The summed E-state index contributed by atoms with van der Waals surface area (Å²) < 4.78 is 0. The Morgan fingerprint density at radius 3 is 2.45 bits per heavy atom. The number of Topliss-reactive ketones (excluding diaryl/α,β-unsaturated/α-hetero) is 1. The summed E-state index contributed by atoms with van der Waals surface area (Å²) in [5.41, 5.74) is 2.59. The van der Waals surface area contributed by atoms with Crippen molar-refractivity contribution in [1.29, 1.82) is 5.26 Å². The molecule has 1 amide bonds. The Morgan fingerprint density at radius 2 is 1.87 bits per heavy atom. The zero-order chi connectivity index (χ0) is 22.8. The van der Waals surface area contributed by atoms with Crippen LogP contribution in [-0.2, 0) is 4.79 Å². The van der Waals surface area contributed by atoms with Crippen LogP contribution in [0.4, 0.5) is 11.5 Å². The third-order valence-corrected chi connectivity index (χ3v) is 4.56. The molecule has 0 atom stereocenters. The Hall–Kier alpha value is -3.99. The zero-order valence-electron chi connectivity index (χ0n) is 18.1. The summed E-state index contributed by atoms with van der Waals surface area (Å²) in [5, 5.41) is 12.4. The van der Waals surface area contributed by atoms with Crippen LogP contribution in [0.25, 0.3) is 17.2 Å². The number of anilines is 2. The number of likely N-dealkylation sites (N-methyl/N-ethyl adjacent to an activating group) is 1. The van der Waals surface area contributed by atoms with Gasteiger partial charge in [-0.2, -0.15) is 5.26 Å². The molecule has 0 aliphatic rings. The maximum Gasteiger partial charge on any atom is 0.264 e. The normalized spacial score (nSPS) is 11.8. The van der Waals surface area contributed by atoms with Crippen molar-refractivity contribution in [3.05, 3.63) is 53.4 Å². The third-order valence-electron chi connectivity index (χ3n) is 4.56. The Morgan fingerprint density at radius 1 is 1.19 bits per heavy atom. The molecule has 0 aliphatic carbocycles. The number of aromatic amines is 1. The first-order valence-corrected chi connectivity index (χ1v) is 9.69. The second-order valence-corrected chi connectivity index (χ2v) is 8.35. The summed E-state index contributed by atoms with van der Waals surface area (Å²) in [6.45, 7) is 5.59. The fourth-order valence-electron chi connectivity index (χ4n) is 2.89. The van der Waals surface area contributed by atoms with E-state index >= 15 is 0 Å². The van der Waals surface area contributed by atoms with Gasteiger partial charge in [-0.25, -0.2) is 9.97 Å². The first-order valence-electron chi connectivity index (χ1n) is 9.69. The molecule has 2 aromatic heterocycles. The number of nitrogens with one attached hydrogen (secondary N) is 2. The van der Waals surface area contributed by atoms with Gasteiger partial charge in [0.1, 0.15) is 23.0 Å². The van der Waals surface area contributed by atoms with E-state index in [0.717, 1.165) is 11.3 Å². The minimum atomic E-state index is -0.528. The molecular formula is C23H24N6O2. The monoisotopic (exact) mass is 416 g/mol. The van der Waals surface area contributed by atoms with E-state index < -0.39 is 5.41 Å². The number of ketones is 1. The molecule has 0 radical (unpaired) electrons. The van der Waals surface area contributed by atoms with Crippen molar-refractivity contribution in [2.75, 3.05) is 19.4 Å². The maximum atomic E-state index is 12.7. The highest BCUT2D eigenvalue weighted by Gasteiger charge is 2.26. The average molecular weight is 416 g/mol. The number of hydrogen-bond acceptors (Lipinski definition) is 6. The number of rotatable bonds is 5. The number of amides is 1. The Bertz CT molecular complexity index is 1210. The second-order valence-electron chi connectivity index (χ2n) is 8.35. The van der Waals surface area contributed by atoms with Crippen LogP contribution < -0.4 is 5.32 Å². The molecule has 0 saturated carbocycles. The highest BCUT2D eigenvalue weighted by atomic mass is 16.2. The summed E-state index contributed by atoms with van der Waals surface area (Å²) in [4.78, 5) is 37.9. The predicted molar refractivity (Wildman–Crippen MR) is 120 cm³/mol. The molecule has 0 fully saturated rings. The van der Waals surface area contributed by atoms with Gasteiger partial charge in [0.15, 0.2) is 11.4 Å². The highest BCUT2D eigenvalue weighted by molar-refractivity contribution is 6.08. The quantitative estimate of drug-likeness (QED) is 0.370. The van der Waals surface area contributed by atoms with Gasteiger partial charge in [-0.3, -0.25) is 9.59 Å². The number of H-pyrrole nitrogens is 1. The van der Waals surface area contributed by atoms with E-state index in [0.29, 0.717) is 22.5 Å². The first-order chi connectivity index (χ1) is 14.6. The van der Waals surface area contributed by atoms with Crippen molar-refractivity contribution in [2.45, 2.75) is 20.8 Å². The standard InChI is InChI=1S/C23H24N6O2/c1-23(2,3)20(30)17-12-25-21-19(17)28-18(13-26-21)27-16-8-6-14(7-9-16)10-15(11-24)22(31)29(4)5/h6-10,12-13H,1-5H3,(H,25,26)(H,27,28)/b15-10+. The van der Waals surface area contributed by atoms with Gasteiger partial charge in [-0.05, 0) is 23.8 Å². The lowest BCUT2D eigenvalue weighted by molar-refractivity contribution is -0.124. The lowest BCUT2D eigenvalue weighted by Crippen LogP contribution is -2.22. The lowest BCUT2D eigenvalue weighted by atomic mass is 9.87. The van der Waals surface area contributed by atoms with E-state index in [1.54, 1.807) is 44.7 Å². The number of fused-ring (bicyclic) bond motifs is 1. The molecule has 31 heavy (non-hydrogen) atoms. The van der Waals surface area contributed by atoms with Gasteiger partial charge >= 0.3 is 0 Å². The number of carbonyl (C=O) groups excluding carboxylic acids is 2. The third kappa shape index (κ3) is 4.78. The van der Waals surface area contributed by atoms with E-state index in [2.05, 4.69) is 20.3 Å². The van der Waals surface area contributed by atoms with Gasteiger partial charge in [0.25, 0.3) is 5.91 Å².